The van der Waals surface area contributed by atoms with E-state index >= 15 is 0 Å². The largest absolute Gasteiger partial charge is 0.505 e. The van der Waals surface area contributed by atoms with Crippen molar-refractivity contribution in [2.75, 3.05) is 12.8 Å². The highest BCUT2D eigenvalue weighted by molar-refractivity contribution is 6.31. The number of methoxy groups -OCH3 is 1. The Morgan fingerprint density at radius 3 is 2.87 bits per heavy atom. The number of nitrogen functional groups attached to an aromatic ring is 1. The Kier molecular flexibility index (Phi) is 3.57. The molecule has 0 aromatic heterocycles. The molecule has 0 aliphatic heterocycles. The lowest BCUT2D eigenvalue weighted by Crippen LogP contribution is -1.94. The molecule has 0 bridgehead atoms. The summed E-state index contributed by atoms with van der Waals surface area (Å²) >= 11 is 5.73. The monoisotopic (exact) mass is 227 g/mol. The average molecular weight is 228 g/mol. The highest BCUT2D eigenvalue weighted by Gasteiger charge is 2.04. The van der Waals surface area contributed by atoms with Crippen LogP contribution in [0.15, 0.2) is 18.2 Å². The van der Waals surface area contributed by atoms with Gasteiger partial charge in [0.2, 0.25) is 0 Å². The number of benzene rings is 1. The standard InChI is InChI=1S/C10H10ClNO3/c1-15-9(13)3-2-6-4-7(11)5-8(12)10(6)14/h2-5,14H,12H2,1H3. The molecule has 0 heterocycles. The second-order valence-corrected chi connectivity index (χ2v) is 3.23. The summed E-state index contributed by atoms with van der Waals surface area (Å²) in [6, 6.07) is 2.92. The number of rotatable bonds is 2. The molecule has 1 rings (SSSR count). The van der Waals surface area contributed by atoms with Crippen LogP contribution in [0.25, 0.3) is 6.08 Å². The summed E-state index contributed by atoms with van der Waals surface area (Å²) in [6.07, 6.45) is 2.55. The van der Waals surface area contributed by atoms with Crippen LogP contribution in [0.5, 0.6) is 5.75 Å². The van der Waals surface area contributed by atoms with Crippen LogP contribution in [0.2, 0.25) is 5.02 Å². The predicted molar refractivity (Wildman–Crippen MR) is 58.6 cm³/mol. The molecule has 3 N–H and O–H groups in total. The number of phenolic OH excluding ortho intramolecular Hbond substituents is 1. The average Bonchev–Trinajstić information content (AvgIpc) is 2.20. The van der Waals surface area contributed by atoms with E-state index in [0.717, 1.165) is 0 Å². The molecule has 0 atom stereocenters. The number of halogens is 1. The Morgan fingerprint density at radius 1 is 1.60 bits per heavy atom. The molecule has 0 fully saturated rings. The van der Waals surface area contributed by atoms with Gasteiger partial charge in [0, 0.05) is 16.7 Å². The van der Waals surface area contributed by atoms with Crippen molar-refractivity contribution in [3.63, 3.8) is 0 Å². The van der Waals surface area contributed by atoms with E-state index in [1.807, 2.05) is 0 Å². The SMILES string of the molecule is COC(=O)C=Cc1cc(Cl)cc(N)c1O. The molecule has 0 unspecified atom stereocenters. The maximum absolute atomic E-state index is 10.8. The Hall–Kier alpha value is -1.68. The van der Waals surface area contributed by atoms with Gasteiger partial charge in [-0.3, -0.25) is 0 Å². The van der Waals surface area contributed by atoms with E-state index in [9.17, 15) is 9.90 Å². The molecule has 15 heavy (non-hydrogen) atoms. The number of hydrogen-bond acceptors (Lipinski definition) is 4. The van der Waals surface area contributed by atoms with E-state index in [-0.39, 0.29) is 11.4 Å². The molecule has 0 amide bonds. The lowest BCUT2D eigenvalue weighted by Gasteiger charge is -2.03. The fourth-order valence-electron chi connectivity index (χ4n) is 0.995. The van der Waals surface area contributed by atoms with E-state index in [4.69, 9.17) is 17.3 Å². The lowest BCUT2D eigenvalue weighted by molar-refractivity contribution is -0.134. The van der Waals surface area contributed by atoms with Crippen molar-refractivity contribution in [3.05, 3.63) is 28.8 Å². The summed E-state index contributed by atoms with van der Waals surface area (Å²) < 4.78 is 4.40. The summed E-state index contributed by atoms with van der Waals surface area (Å²) in [5, 5.41) is 9.90. The first-order valence-corrected chi connectivity index (χ1v) is 4.46. The van der Waals surface area contributed by atoms with Gasteiger partial charge in [-0.15, -0.1) is 0 Å². The highest BCUT2D eigenvalue weighted by Crippen LogP contribution is 2.29. The van der Waals surface area contributed by atoms with Gasteiger partial charge in [0.05, 0.1) is 12.8 Å². The van der Waals surface area contributed by atoms with Crippen LogP contribution in [0, 0.1) is 0 Å². The van der Waals surface area contributed by atoms with Gasteiger partial charge in [-0.1, -0.05) is 11.6 Å². The third-order valence-electron chi connectivity index (χ3n) is 1.73. The molecular weight excluding hydrogens is 218 g/mol. The van der Waals surface area contributed by atoms with Gasteiger partial charge in [-0.25, -0.2) is 4.79 Å². The second kappa shape index (κ2) is 4.70. The molecule has 1 aromatic carbocycles. The molecule has 0 aliphatic rings. The topological polar surface area (TPSA) is 72.5 Å². The number of anilines is 1. The first-order valence-electron chi connectivity index (χ1n) is 4.08. The third kappa shape index (κ3) is 2.89. The highest BCUT2D eigenvalue weighted by atomic mass is 35.5. The van der Waals surface area contributed by atoms with E-state index in [2.05, 4.69) is 4.74 Å². The maximum Gasteiger partial charge on any atom is 0.330 e. The summed E-state index contributed by atoms with van der Waals surface area (Å²) in [4.78, 5) is 10.8. The summed E-state index contributed by atoms with van der Waals surface area (Å²) in [6.45, 7) is 0. The number of ether oxygens (including phenoxy) is 1. The molecule has 5 heteroatoms. The van der Waals surface area contributed by atoms with Crippen LogP contribution >= 0.6 is 11.6 Å². The van der Waals surface area contributed by atoms with Crippen LogP contribution in [-0.4, -0.2) is 18.2 Å². The van der Waals surface area contributed by atoms with E-state index in [1.165, 1.54) is 31.4 Å². The number of phenols is 1. The molecule has 0 spiro atoms. The zero-order chi connectivity index (χ0) is 11.4. The number of hydrogen-bond donors (Lipinski definition) is 2. The first-order chi connectivity index (χ1) is 7.04. The van der Waals surface area contributed by atoms with Gasteiger partial charge in [0.15, 0.2) is 0 Å². The Bertz CT molecular complexity index is 415. The van der Waals surface area contributed by atoms with Crippen LogP contribution < -0.4 is 5.73 Å². The molecule has 80 valence electrons. The smallest absolute Gasteiger partial charge is 0.330 e. The van der Waals surface area contributed by atoms with Crippen LogP contribution in [0.1, 0.15) is 5.56 Å². The van der Waals surface area contributed by atoms with Gasteiger partial charge >= 0.3 is 5.97 Å². The van der Waals surface area contributed by atoms with Gasteiger partial charge in [-0.2, -0.15) is 0 Å². The van der Waals surface area contributed by atoms with Crippen LogP contribution in [0.4, 0.5) is 5.69 Å². The van der Waals surface area contributed by atoms with Crippen molar-refractivity contribution in [2.45, 2.75) is 0 Å². The van der Waals surface area contributed by atoms with Gasteiger partial charge in [0.1, 0.15) is 5.75 Å². The van der Waals surface area contributed by atoms with Crippen molar-refractivity contribution < 1.29 is 14.6 Å². The molecule has 0 saturated heterocycles. The minimum Gasteiger partial charge on any atom is -0.505 e. The van der Waals surface area contributed by atoms with E-state index in [1.54, 1.807) is 0 Å². The van der Waals surface area contributed by atoms with E-state index < -0.39 is 5.97 Å². The van der Waals surface area contributed by atoms with Crippen LogP contribution in [-0.2, 0) is 9.53 Å². The number of nitrogens with two attached hydrogens (primary N) is 1. The second-order valence-electron chi connectivity index (χ2n) is 2.79. The molecule has 4 nitrogen and oxygen atoms in total. The number of esters is 1. The summed E-state index contributed by atoms with van der Waals surface area (Å²) in [5.74, 6) is -0.632. The summed E-state index contributed by atoms with van der Waals surface area (Å²) in [7, 11) is 1.26. The quantitative estimate of drug-likeness (QED) is 0.350. The zero-order valence-electron chi connectivity index (χ0n) is 8.03. The molecule has 0 aliphatic carbocycles. The Balaban J connectivity index is 3.04. The van der Waals surface area contributed by atoms with Crippen molar-refractivity contribution in [1.82, 2.24) is 0 Å². The van der Waals surface area contributed by atoms with Gasteiger partial charge in [-0.05, 0) is 18.2 Å². The van der Waals surface area contributed by atoms with Crippen molar-refractivity contribution >= 4 is 29.3 Å². The zero-order valence-corrected chi connectivity index (χ0v) is 8.78. The maximum atomic E-state index is 10.8. The summed E-state index contributed by atoms with van der Waals surface area (Å²) in [5.41, 5.74) is 6.00. The Morgan fingerprint density at radius 2 is 2.27 bits per heavy atom. The fourth-order valence-corrected chi connectivity index (χ4v) is 1.23. The lowest BCUT2D eigenvalue weighted by atomic mass is 10.1. The van der Waals surface area contributed by atoms with Crippen LogP contribution in [0.3, 0.4) is 0 Å². The number of carbonyl (C=O) groups excluding carboxylic acids is 1. The predicted octanol–water partition coefficient (Wildman–Crippen LogP) is 1.81. The van der Waals surface area contributed by atoms with Gasteiger partial charge < -0.3 is 15.6 Å². The third-order valence-corrected chi connectivity index (χ3v) is 1.95. The van der Waals surface area contributed by atoms with Crippen molar-refractivity contribution in [2.24, 2.45) is 0 Å². The molecule has 1 aromatic rings. The molecule has 0 saturated carbocycles. The minimum absolute atomic E-state index is 0.112. The first kappa shape index (κ1) is 11.4. The molecule has 0 radical (unpaired) electrons. The van der Waals surface area contributed by atoms with Crippen molar-refractivity contribution in [1.29, 1.82) is 0 Å². The van der Waals surface area contributed by atoms with E-state index in [0.29, 0.717) is 10.6 Å². The fraction of sp³-hybridized carbons (Fsp3) is 0.100. The van der Waals surface area contributed by atoms with Gasteiger partial charge in [0.25, 0.3) is 0 Å². The normalized spacial score (nSPS) is 10.5. The number of carbonyl (C=O) groups is 1. The Labute approximate surface area is 91.9 Å². The van der Waals surface area contributed by atoms with Crippen molar-refractivity contribution in [3.8, 4) is 5.75 Å². The molecular formula is C10H10ClNO3. The number of aromatic hydroxyl groups is 1. The minimum atomic E-state index is -0.520.